The average Bonchev–Trinajstić information content (AvgIpc) is 2.88. The first-order valence-electron chi connectivity index (χ1n) is 5.85. The van der Waals surface area contributed by atoms with Crippen molar-refractivity contribution in [2.24, 2.45) is 0 Å². The molecule has 0 radical (unpaired) electrons. The third kappa shape index (κ3) is 2.07. The van der Waals surface area contributed by atoms with E-state index >= 15 is 0 Å². The van der Waals surface area contributed by atoms with E-state index in [4.69, 9.17) is 11.6 Å². The Morgan fingerprint density at radius 2 is 2.05 bits per heavy atom. The van der Waals surface area contributed by atoms with Gasteiger partial charge in [-0.25, -0.2) is 0 Å². The van der Waals surface area contributed by atoms with Crippen LogP contribution in [0.4, 0.5) is 0 Å². The lowest BCUT2D eigenvalue weighted by molar-refractivity contribution is 0.0609. The van der Waals surface area contributed by atoms with Crippen molar-refractivity contribution in [3.8, 4) is 0 Å². The van der Waals surface area contributed by atoms with Crippen LogP contribution in [-0.2, 0) is 6.42 Å². The van der Waals surface area contributed by atoms with Gasteiger partial charge in [-0.3, -0.25) is 14.5 Å². The van der Waals surface area contributed by atoms with Crippen LogP contribution >= 0.6 is 22.9 Å². The summed E-state index contributed by atoms with van der Waals surface area (Å²) in [6.07, 6.45) is 0.709. The van der Waals surface area contributed by atoms with Crippen LogP contribution < -0.4 is 0 Å². The first-order chi connectivity index (χ1) is 9.18. The molecule has 2 amide bonds. The molecule has 2 aromatic rings. The minimum Gasteiger partial charge on any atom is -0.273 e. The normalized spacial score (nSPS) is 14.4. The molecule has 0 saturated carbocycles. The van der Waals surface area contributed by atoms with Gasteiger partial charge in [0.15, 0.2) is 0 Å². The summed E-state index contributed by atoms with van der Waals surface area (Å²) < 4.78 is 0. The highest BCUT2D eigenvalue weighted by Gasteiger charge is 2.31. The monoisotopic (exact) mass is 291 g/mol. The Labute approximate surface area is 119 Å². The van der Waals surface area contributed by atoms with Gasteiger partial charge in [0.2, 0.25) is 0 Å². The average molecular weight is 292 g/mol. The van der Waals surface area contributed by atoms with E-state index in [-0.39, 0.29) is 11.8 Å². The van der Waals surface area contributed by atoms with E-state index in [1.807, 2.05) is 11.4 Å². The zero-order valence-electron chi connectivity index (χ0n) is 9.93. The lowest BCUT2D eigenvalue weighted by atomic mass is 10.1. The summed E-state index contributed by atoms with van der Waals surface area (Å²) >= 11 is 7.39. The molecule has 0 N–H and O–H groups in total. The number of amides is 2. The third-order valence-corrected chi connectivity index (χ3v) is 4.41. The largest absolute Gasteiger partial charge is 0.273 e. The molecule has 1 aliphatic heterocycles. The molecule has 3 rings (SSSR count). The maximum atomic E-state index is 12.4. The highest BCUT2D eigenvalue weighted by Crippen LogP contribution is 2.26. The minimum atomic E-state index is -0.324. The molecule has 19 heavy (non-hydrogen) atoms. The number of rotatable bonds is 1. The number of carbonyl (C=O) groups is 2. The second kappa shape index (κ2) is 4.79. The summed E-state index contributed by atoms with van der Waals surface area (Å²) in [5.74, 6) is -0.546. The quantitative estimate of drug-likeness (QED) is 0.757. The van der Waals surface area contributed by atoms with Crippen molar-refractivity contribution in [3.05, 3.63) is 56.7 Å². The molecular weight excluding hydrogens is 282 g/mol. The summed E-state index contributed by atoms with van der Waals surface area (Å²) in [6, 6.07) is 8.73. The Kier molecular flexibility index (Phi) is 3.12. The van der Waals surface area contributed by atoms with Crippen LogP contribution in [0.25, 0.3) is 0 Å². The van der Waals surface area contributed by atoms with Gasteiger partial charge in [-0.05, 0) is 35.6 Å². The SMILES string of the molecule is O=C(c1ccccc1Cl)N1CCc2ccsc2C1=O. The molecule has 0 saturated heterocycles. The fourth-order valence-electron chi connectivity index (χ4n) is 2.15. The Balaban J connectivity index is 1.95. The van der Waals surface area contributed by atoms with Crippen molar-refractivity contribution >= 4 is 34.8 Å². The summed E-state index contributed by atoms with van der Waals surface area (Å²) in [5.41, 5.74) is 1.40. The molecule has 0 aliphatic carbocycles. The van der Waals surface area contributed by atoms with Gasteiger partial charge in [0.25, 0.3) is 11.8 Å². The van der Waals surface area contributed by atoms with Crippen LogP contribution in [0.2, 0.25) is 5.02 Å². The smallest absolute Gasteiger partial charge is 0.271 e. The van der Waals surface area contributed by atoms with Crippen molar-refractivity contribution < 1.29 is 9.59 Å². The first kappa shape index (κ1) is 12.4. The van der Waals surface area contributed by atoms with E-state index in [9.17, 15) is 9.59 Å². The number of halogens is 1. The molecule has 5 heteroatoms. The molecule has 96 valence electrons. The number of hydrogen-bond acceptors (Lipinski definition) is 3. The van der Waals surface area contributed by atoms with Gasteiger partial charge in [-0.1, -0.05) is 23.7 Å². The van der Waals surface area contributed by atoms with Gasteiger partial charge >= 0.3 is 0 Å². The number of nitrogens with zero attached hydrogens (tertiary/aromatic N) is 1. The van der Waals surface area contributed by atoms with Crippen LogP contribution in [0.3, 0.4) is 0 Å². The van der Waals surface area contributed by atoms with Gasteiger partial charge in [0, 0.05) is 6.54 Å². The van der Waals surface area contributed by atoms with E-state index in [0.29, 0.717) is 28.4 Å². The van der Waals surface area contributed by atoms with E-state index in [1.165, 1.54) is 16.2 Å². The first-order valence-corrected chi connectivity index (χ1v) is 7.11. The second-order valence-electron chi connectivity index (χ2n) is 4.27. The van der Waals surface area contributed by atoms with E-state index < -0.39 is 0 Å². The molecule has 0 bridgehead atoms. The Morgan fingerprint density at radius 1 is 1.26 bits per heavy atom. The van der Waals surface area contributed by atoms with Gasteiger partial charge < -0.3 is 0 Å². The maximum absolute atomic E-state index is 12.4. The lowest BCUT2D eigenvalue weighted by Gasteiger charge is -2.25. The molecule has 0 fully saturated rings. The maximum Gasteiger partial charge on any atom is 0.271 e. The summed E-state index contributed by atoms with van der Waals surface area (Å²) in [4.78, 5) is 26.6. The Hall–Kier alpha value is -1.65. The van der Waals surface area contributed by atoms with Crippen LogP contribution in [0.5, 0.6) is 0 Å². The summed E-state index contributed by atoms with van der Waals surface area (Å²) in [5, 5.41) is 2.25. The van der Waals surface area contributed by atoms with Crippen molar-refractivity contribution in [2.45, 2.75) is 6.42 Å². The van der Waals surface area contributed by atoms with E-state index in [0.717, 1.165) is 5.56 Å². The standard InChI is InChI=1S/C14H10ClNO2S/c15-11-4-2-1-3-10(11)13(17)16-7-5-9-6-8-19-12(9)14(16)18/h1-4,6,8H,5,7H2. The summed E-state index contributed by atoms with van der Waals surface area (Å²) in [7, 11) is 0. The fraction of sp³-hybridized carbons (Fsp3) is 0.143. The van der Waals surface area contributed by atoms with Crippen molar-refractivity contribution in [3.63, 3.8) is 0 Å². The number of fused-ring (bicyclic) bond motifs is 1. The minimum absolute atomic E-state index is 0.221. The molecular formula is C14H10ClNO2S. The molecule has 3 nitrogen and oxygen atoms in total. The molecule has 1 aromatic carbocycles. The Bertz CT molecular complexity index is 665. The highest BCUT2D eigenvalue weighted by molar-refractivity contribution is 7.12. The van der Waals surface area contributed by atoms with Gasteiger partial charge in [-0.15, -0.1) is 11.3 Å². The third-order valence-electron chi connectivity index (χ3n) is 3.14. The van der Waals surface area contributed by atoms with Crippen LogP contribution in [0.1, 0.15) is 25.6 Å². The predicted molar refractivity (Wildman–Crippen MR) is 74.8 cm³/mol. The molecule has 1 aromatic heterocycles. The molecule has 0 atom stereocenters. The van der Waals surface area contributed by atoms with Crippen LogP contribution in [0, 0.1) is 0 Å². The van der Waals surface area contributed by atoms with Gasteiger partial charge in [0.05, 0.1) is 15.5 Å². The van der Waals surface area contributed by atoms with Crippen LogP contribution in [0.15, 0.2) is 35.7 Å². The lowest BCUT2D eigenvalue weighted by Crippen LogP contribution is -2.41. The number of imide groups is 1. The molecule has 0 spiro atoms. The van der Waals surface area contributed by atoms with E-state index in [1.54, 1.807) is 24.3 Å². The summed E-state index contributed by atoms with van der Waals surface area (Å²) in [6.45, 7) is 0.409. The number of thiophene rings is 1. The predicted octanol–water partition coefficient (Wildman–Crippen LogP) is 3.24. The van der Waals surface area contributed by atoms with E-state index in [2.05, 4.69) is 0 Å². The number of carbonyl (C=O) groups excluding carboxylic acids is 2. The zero-order valence-corrected chi connectivity index (χ0v) is 11.5. The van der Waals surface area contributed by atoms with Crippen molar-refractivity contribution in [1.82, 2.24) is 4.90 Å². The molecule has 2 heterocycles. The van der Waals surface area contributed by atoms with Gasteiger partial charge in [-0.2, -0.15) is 0 Å². The second-order valence-corrected chi connectivity index (χ2v) is 5.59. The number of hydrogen-bond donors (Lipinski definition) is 0. The van der Waals surface area contributed by atoms with Crippen LogP contribution in [-0.4, -0.2) is 23.3 Å². The highest BCUT2D eigenvalue weighted by atomic mass is 35.5. The van der Waals surface area contributed by atoms with Crippen molar-refractivity contribution in [1.29, 1.82) is 0 Å². The molecule has 0 unspecified atom stereocenters. The molecule has 1 aliphatic rings. The number of benzene rings is 1. The van der Waals surface area contributed by atoms with Gasteiger partial charge in [0.1, 0.15) is 0 Å². The fourth-order valence-corrected chi connectivity index (χ4v) is 3.27. The Morgan fingerprint density at radius 3 is 2.84 bits per heavy atom. The zero-order chi connectivity index (χ0) is 13.4. The van der Waals surface area contributed by atoms with Crippen molar-refractivity contribution in [2.75, 3.05) is 6.54 Å². The topological polar surface area (TPSA) is 37.4 Å².